The molecule has 0 aromatic rings. The lowest BCUT2D eigenvalue weighted by Crippen LogP contribution is -2.20. The number of nitrogens with one attached hydrogen (secondary N) is 1. The van der Waals surface area contributed by atoms with E-state index in [1.54, 1.807) is 0 Å². The summed E-state index contributed by atoms with van der Waals surface area (Å²) < 4.78 is 25.3. The van der Waals surface area contributed by atoms with Gasteiger partial charge in [-0.1, -0.05) is 25.0 Å². The van der Waals surface area contributed by atoms with Crippen LogP contribution in [0.15, 0.2) is 23.9 Å². The summed E-state index contributed by atoms with van der Waals surface area (Å²) in [7, 11) is 0. The number of nitrogens with zero attached hydrogens (tertiary/aromatic N) is 1. The second kappa shape index (κ2) is 8.59. The highest BCUT2D eigenvalue weighted by atomic mass is 32.2. The minimum absolute atomic E-state index is 1.10. The molecule has 0 radical (unpaired) electrons. The van der Waals surface area contributed by atoms with Crippen LogP contribution in [0.3, 0.4) is 0 Å². The van der Waals surface area contributed by atoms with Crippen LogP contribution in [-0.4, -0.2) is 18.0 Å². The summed E-state index contributed by atoms with van der Waals surface area (Å²) in [6.45, 7) is 6.68. The summed E-state index contributed by atoms with van der Waals surface area (Å²) >= 11 is -3.11. The van der Waals surface area contributed by atoms with Gasteiger partial charge in [0.05, 0.1) is 0 Å². The first-order chi connectivity index (χ1) is 7.06. The van der Waals surface area contributed by atoms with E-state index < -0.39 is 11.5 Å². The fourth-order valence-electron chi connectivity index (χ4n) is 1.14. The zero-order valence-corrected chi connectivity index (χ0v) is 9.99. The van der Waals surface area contributed by atoms with Crippen LogP contribution in [0.4, 0.5) is 7.77 Å². The monoisotopic (exact) mass is 236 g/mol. The molecule has 1 aliphatic rings. The Kier molecular flexibility index (Phi) is 8.18. The number of unbranched alkanes of at least 4 members (excludes halogenated alkanes) is 1. The minimum Gasteiger partial charge on any atom is -0.374 e. The molecule has 0 bridgehead atoms. The van der Waals surface area contributed by atoms with Crippen molar-refractivity contribution < 1.29 is 7.77 Å². The first kappa shape index (κ1) is 14.3. The Morgan fingerprint density at radius 1 is 1.53 bits per heavy atom. The first-order valence-electron chi connectivity index (χ1n) is 4.93. The molecular weight excluding hydrogens is 218 g/mol. The number of allylic oxidation sites excluding steroid dienone is 2. The maximum absolute atomic E-state index is 10.0. The molecule has 88 valence electrons. The van der Waals surface area contributed by atoms with Crippen LogP contribution in [0, 0.1) is 4.78 Å². The molecule has 0 aliphatic carbocycles. The molecular formula is C10H18F2N2S. The van der Waals surface area contributed by atoms with Gasteiger partial charge < -0.3 is 4.90 Å². The summed E-state index contributed by atoms with van der Waals surface area (Å²) in [6, 6.07) is 0. The Labute approximate surface area is 93.1 Å². The third-order valence-corrected chi connectivity index (χ3v) is 1.99. The smallest absolute Gasteiger partial charge is 0.258 e. The summed E-state index contributed by atoms with van der Waals surface area (Å²) in [4.78, 5) is 2.36. The Bertz CT molecular complexity index is 248. The second-order valence-corrected chi connectivity index (χ2v) is 3.75. The molecule has 15 heavy (non-hydrogen) atoms. The molecule has 1 rings (SSSR count). The molecule has 0 atom stereocenters. The lowest BCUT2D eigenvalue weighted by atomic mass is 10.2. The van der Waals surface area contributed by atoms with Crippen molar-refractivity contribution in [1.82, 2.24) is 4.90 Å². The van der Waals surface area contributed by atoms with Gasteiger partial charge in [-0.05, 0) is 25.6 Å². The van der Waals surface area contributed by atoms with Crippen molar-refractivity contribution in [2.24, 2.45) is 0 Å². The van der Waals surface area contributed by atoms with Crippen LogP contribution >= 0.6 is 0 Å². The van der Waals surface area contributed by atoms with Crippen molar-refractivity contribution >= 4 is 11.5 Å². The standard InChI is InChI=1S/C10H17N.F2HNS/c1-3-4-7-11-8-5-10(2)6-9-11;1-4(2)3/h5-6,8H,3-4,7,9H2,1-2H3;3H. The average Bonchev–Trinajstić information content (AvgIpc) is 2.16. The van der Waals surface area contributed by atoms with Gasteiger partial charge in [0.25, 0.3) is 11.5 Å². The zero-order valence-electron chi connectivity index (χ0n) is 9.17. The fraction of sp³-hybridized carbons (Fsp3) is 0.600. The number of rotatable bonds is 3. The van der Waals surface area contributed by atoms with Gasteiger partial charge in [-0.2, -0.15) is 0 Å². The maximum atomic E-state index is 10.0. The molecule has 0 amide bonds. The Morgan fingerprint density at radius 3 is 2.53 bits per heavy atom. The van der Waals surface area contributed by atoms with Crippen molar-refractivity contribution in [3.8, 4) is 0 Å². The van der Waals surface area contributed by atoms with E-state index in [0.717, 1.165) is 6.54 Å². The Balaban J connectivity index is 0.000000423. The molecule has 2 nitrogen and oxygen atoms in total. The molecule has 0 aromatic carbocycles. The molecule has 0 aromatic heterocycles. The number of hydrogen-bond donors (Lipinski definition) is 1. The Morgan fingerprint density at radius 2 is 2.13 bits per heavy atom. The molecule has 0 fully saturated rings. The molecule has 0 saturated heterocycles. The number of halogens is 2. The maximum Gasteiger partial charge on any atom is 0.258 e. The molecule has 5 heteroatoms. The van der Waals surface area contributed by atoms with Gasteiger partial charge in [0.2, 0.25) is 0 Å². The van der Waals surface area contributed by atoms with Gasteiger partial charge in [-0.3, -0.25) is 0 Å². The van der Waals surface area contributed by atoms with Crippen LogP contribution in [0.2, 0.25) is 0 Å². The molecule has 0 spiro atoms. The lowest BCUT2D eigenvalue weighted by molar-refractivity contribution is 0.399. The molecule has 0 saturated carbocycles. The zero-order chi connectivity index (χ0) is 11.7. The topological polar surface area (TPSA) is 27.1 Å². The van der Waals surface area contributed by atoms with Crippen LogP contribution in [0.5, 0.6) is 0 Å². The molecule has 1 heterocycles. The summed E-state index contributed by atoms with van der Waals surface area (Å²) in [5.74, 6) is 0. The van der Waals surface area contributed by atoms with Crippen molar-refractivity contribution in [3.63, 3.8) is 0 Å². The van der Waals surface area contributed by atoms with Crippen molar-refractivity contribution in [3.05, 3.63) is 23.9 Å². The normalized spacial score (nSPS) is 14.7. The quantitative estimate of drug-likeness (QED) is 0.794. The highest BCUT2D eigenvalue weighted by Gasteiger charge is 1.99. The van der Waals surface area contributed by atoms with Crippen LogP contribution in [0.25, 0.3) is 0 Å². The van der Waals surface area contributed by atoms with E-state index in [1.165, 1.54) is 25.0 Å². The van der Waals surface area contributed by atoms with E-state index in [1.807, 2.05) is 0 Å². The van der Waals surface area contributed by atoms with E-state index in [4.69, 9.17) is 4.78 Å². The highest BCUT2D eigenvalue weighted by Crippen LogP contribution is 2.06. The van der Waals surface area contributed by atoms with Crippen LogP contribution in [-0.2, 0) is 11.5 Å². The lowest BCUT2D eigenvalue weighted by Gasteiger charge is -2.21. The number of hydrogen-bond acceptors (Lipinski definition) is 2. The van der Waals surface area contributed by atoms with Gasteiger partial charge >= 0.3 is 0 Å². The van der Waals surface area contributed by atoms with Gasteiger partial charge in [0.15, 0.2) is 0 Å². The highest BCUT2D eigenvalue weighted by molar-refractivity contribution is 7.75. The van der Waals surface area contributed by atoms with E-state index in [0.29, 0.717) is 0 Å². The van der Waals surface area contributed by atoms with Crippen LogP contribution < -0.4 is 0 Å². The van der Waals surface area contributed by atoms with E-state index >= 15 is 0 Å². The third-order valence-electron chi connectivity index (χ3n) is 1.99. The Hall–Kier alpha value is -0.710. The van der Waals surface area contributed by atoms with Gasteiger partial charge in [-0.15, -0.1) is 7.77 Å². The van der Waals surface area contributed by atoms with Gasteiger partial charge in [0, 0.05) is 13.1 Å². The first-order valence-corrected chi connectivity index (χ1v) is 5.95. The SMILES string of the molecule is CCCCN1C=CC(C)=CC1.N=S(F)F. The minimum atomic E-state index is -3.11. The van der Waals surface area contributed by atoms with E-state index in [-0.39, 0.29) is 0 Å². The summed E-state index contributed by atoms with van der Waals surface area (Å²) in [5.41, 5.74) is 1.39. The molecule has 1 aliphatic heterocycles. The van der Waals surface area contributed by atoms with E-state index in [2.05, 4.69) is 37.1 Å². The van der Waals surface area contributed by atoms with Crippen molar-refractivity contribution in [2.45, 2.75) is 26.7 Å². The predicted octanol–water partition coefficient (Wildman–Crippen LogP) is 3.70. The molecule has 1 N–H and O–H groups in total. The van der Waals surface area contributed by atoms with Gasteiger partial charge in [-0.25, -0.2) is 4.78 Å². The summed E-state index contributed by atoms with van der Waals surface area (Å²) in [5, 5.41) is 0. The van der Waals surface area contributed by atoms with Crippen molar-refractivity contribution in [2.75, 3.05) is 13.1 Å². The van der Waals surface area contributed by atoms with E-state index in [9.17, 15) is 7.77 Å². The summed E-state index contributed by atoms with van der Waals surface area (Å²) in [6.07, 6.45) is 9.24. The average molecular weight is 236 g/mol. The predicted molar refractivity (Wildman–Crippen MR) is 61.7 cm³/mol. The molecule has 0 unspecified atom stereocenters. The third kappa shape index (κ3) is 9.59. The largest absolute Gasteiger partial charge is 0.374 e. The fourth-order valence-corrected chi connectivity index (χ4v) is 1.14. The van der Waals surface area contributed by atoms with Crippen molar-refractivity contribution in [1.29, 1.82) is 4.78 Å². The second-order valence-electron chi connectivity index (χ2n) is 3.32. The van der Waals surface area contributed by atoms with Gasteiger partial charge in [0.1, 0.15) is 0 Å². The van der Waals surface area contributed by atoms with Crippen LogP contribution in [0.1, 0.15) is 26.7 Å².